The molecular weight excluding hydrogens is 318 g/mol. The Bertz CT molecular complexity index is 676. The van der Waals surface area contributed by atoms with Crippen LogP contribution < -0.4 is 9.47 Å². The van der Waals surface area contributed by atoms with Crippen molar-refractivity contribution in [2.75, 3.05) is 20.2 Å². The third kappa shape index (κ3) is 4.92. The van der Waals surface area contributed by atoms with Gasteiger partial charge < -0.3 is 14.4 Å². The van der Waals surface area contributed by atoms with Gasteiger partial charge in [0.05, 0.1) is 13.7 Å². The number of ether oxygens (including phenoxy) is 2. The zero-order valence-electron chi connectivity index (χ0n) is 14.4. The molecule has 2 aromatic rings. The van der Waals surface area contributed by atoms with Crippen LogP contribution in [0.1, 0.15) is 24.8 Å². The molecule has 6 heteroatoms. The van der Waals surface area contributed by atoms with Gasteiger partial charge in [0, 0.05) is 25.2 Å². The van der Waals surface area contributed by atoms with E-state index >= 15 is 0 Å². The summed E-state index contributed by atoms with van der Waals surface area (Å²) in [7, 11) is 1.65. The largest absolute Gasteiger partial charge is 0.497 e. The Balaban J connectivity index is 1.49. The van der Waals surface area contributed by atoms with Crippen molar-refractivity contribution in [3.05, 3.63) is 48.2 Å². The molecular formula is C19H23N3O3. The maximum atomic E-state index is 12.5. The summed E-state index contributed by atoms with van der Waals surface area (Å²) in [5.74, 6) is 1.51. The number of carbonyl (C=O) groups excluding carboxylic acids is 1. The molecule has 3 rings (SSSR count). The standard InChI is InChI=1S/C19H23N3O3/c1-24-16-9-6-15(7-10-16)8-11-19(23)22-13-3-4-17(14-22)25-18-5-2-12-20-21-18/h2,5-7,9-10,12,17H,3-4,8,11,13-14H2,1H3. The van der Waals surface area contributed by atoms with E-state index in [4.69, 9.17) is 9.47 Å². The molecule has 0 aliphatic carbocycles. The van der Waals surface area contributed by atoms with Gasteiger partial charge in [-0.2, -0.15) is 5.10 Å². The van der Waals surface area contributed by atoms with E-state index < -0.39 is 0 Å². The van der Waals surface area contributed by atoms with Crippen LogP contribution in [0.2, 0.25) is 0 Å². The fourth-order valence-electron chi connectivity index (χ4n) is 2.98. The number of amides is 1. The summed E-state index contributed by atoms with van der Waals surface area (Å²) in [5.41, 5.74) is 1.14. The van der Waals surface area contributed by atoms with Crippen molar-refractivity contribution in [3.8, 4) is 11.6 Å². The third-order valence-corrected chi connectivity index (χ3v) is 4.35. The van der Waals surface area contributed by atoms with Crippen LogP contribution in [-0.2, 0) is 11.2 Å². The first-order chi connectivity index (χ1) is 12.2. The van der Waals surface area contributed by atoms with E-state index in [0.29, 0.717) is 18.8 Å². The van der Waals surface area contributed by atoms with Crippen molar-refractivity contribution >= 4 is 5.91 Å². The topological polar surface area (TPSA) is 64.5 Å². The van der Waals surface area contributed by atoms with Crippen LogP contribution in [0.4, 0.5) is 0 Å². The normalized spacial score (nSPS) is 17.2. The van der Waals surface area contributed by atoms with E-state index in [1.807, 2.05) is 29.2 Å². The second kappa shape index (κ2) is 8.46. The summed E-state index contributed by atoms with van der Waals surface area (Å²) >= 11 is 0. The molecule has 1 saturated heterocycles. The number of carbonyl (C=O) groups is 1. The Hall–Kier alpha value is -2.63. The fourth-order valence-corrected chi connectivity index (χ4v) is 2.98. The molecule has 2 heterocycles. The van der Waals surface area contributed by atoms with Crippen LogP contribution in [0, 0.1) is 0 Å². The number of nitrogens with zero attached hydrogens (tertiary/aromatic N) is 3. The van der Waals surface area contributed by atoms with Gasteiger partial charge in [0.1, 0.15) is 11.9 Å². The lowest BCUT2D eigenvalue weighted by Gasteiger charge is -2.32. The van der Waals surface area contributed by atoms with Gasteiger partial charge >= 0.3 is 0 Å². The predicted molar refractivity (Wildman–Crippen MR) is 93.6 cm³/mol. The van der Waals surface area contributed by atoms with Gasteiger partial charge in [-0.1, -0.05) is 12.1 Å². The van der Waals surface area contributed by atoms with Crippen molar-refractivity contribution in [3.63, 3.8) is 0 Å². The number of hydrogen-bond donors (Lipinski definition) is 0. The van der Waals surface area contributed by atoms with E-state index in [1.165, 1.54) is 0 Å². The monoisotopic (exact) mass is 341 g/mol. The highest BCUT2D eigenvalue weighted by Crippen LogP contribution is 2.18. The molecule has 0 bridgehead atoms. The zero-order chi connectivity index (χ0) is 17.5. The number of hydrogen-bond acceptors (Lipinski definition) is 5. The number of piperidine rings is 1. The average molecular weight is 341 g/mol. The highest BCUT2D eigenvalue weighted by atomic mass is 16.5. The molecule has 25 heavy (non-hydrogen) atoms. The van der Waals surface area contributed by atoms with E-state index in [2.05, 4.69) is 10.2 Å². The van der Waals surface area contributed by atoms with Crippen LogP contribution in [0.25, 0.3) is 0 Å². The van der Waals surface area contributed by atoms with Crippen LogP contribution in [0.3, 0.4) is 0 Å². The molecule has 1 aromatic heterocycles. The molecule has 0 spiro atoms. The highest BCUT2D eigenvalue weighted by Gasteiger charge is 2.25. The van der Waals surface area contributed by atoms with Crippen LogP contribution in [0.5, 0.6) is 11.6 Å². The maximum Gasteiger partial charge on any atom is 0.233 e. The lowest BCUT2D eigenvalue weighted by molar-refractivity contribution is -0.133. The zero-order valence-corrected chi connectivity index (χ0v) is 14.4. The number of likely N-dealkylation sites (tertiary alicyclic amines) is 1. The van der Waals surface area contributed by atoms with Gasteiger partial charge in [-0.3, -0.25) is 4.79 Å². The number of methoxy groups -OCH3 is 1. The lowest BCUT2D eigenvalue weighted by Crippen LogP contribution is -2.44. The molecule has 0 saturated carbocycles. The number of aromatic nitrogens is 2. The average Bonchev–Trinajstić information content (AvgIpc) is 2.67. The number of rotatable bonds is 6. The Morgan fingerprint density at radius 2 is 2.12 bits per heavy atom. The van der Waals surface area contributed by atoms with Crippen molar-refractivity contribution in [1.82, 2.24) is 15.1 Å². The molecule has 1 fully saturated rings. The molecule has 0 N–H and O–H groups in total. The van der Waals surface area contributed by atoms with Gasteiger partial charge in [-0.25, -0.2) is 0 Å². The molecule has 132 valence electrons. The van der Waals surface area contributed by atoms with Crippen molar-refractivity contribution in [1.29, 1.82) is 0 Å². The molecule has 1 unspecified atom stereocenters. The Kier molecular flexibility index (Phi) is 5.82. The molecule has 1 aliphatic rings. The summed E-state index contributed by atoms with van der Waals surface area (Å²) < 4.78 is 11.0. The number of benzene rings is 1. The predicted octanol–water partition coefficient (Wildman–Crippen LogP) is 2.49. The Labute approximate surface area is 147 Å². The lowest BCUT2D eigenvalue weighted by atomic mass is 10.1. The quantitative estimate of drug-likeness (QED) is 0.808. The van der Waals surface area contributed by atoms with Crippen molar-refractivity contribution in [2.45, 2.75) is 31.8 Å². The minimum atomic E-state index is -0.0182. The van der Waals surface area contributed by atoms with E-state index in [9.17, 15) is 4.79 Å². The first-order valence-electron chi connectivity index (χ1n) is 8.59. The van der Waals surface area contributed by atoms with E-state index in [-0.39, 0.29) is 12.0 Å². The molecule has 1 amide bonds. The maximum absolute atomic E-state index is 12.5. The first-order valence-corrected chi connectivity index (χ1v) is 8.59. The van der Waals surface area contributed by atoms with Crippen LogP contribution in [-0.4, -0.2) is 47.3 Å². The smallest absolute Gasteiger partial charge is 0.233 e. The first kappa shape index (κ1) is 17.2. The Morgan fingerprint density at radius 3 is 2.84 bits per heavy atom. The summed E-state index contributed by atoms with van der Waals surface area (Å²) in [6, 6.07) is 11.4. The molecule has 6 nitrogen and oxygen atoms in total. The SMILES string of the molecule is COc1ccc(CCC(=O)N2CCCC(Oc3cccnn3)C2)cc1. The second-order valence-corrected chi connectivity index (χ2v) is 6.13. The third-order valence-electron chi connectivity index (χ3n) is 4.35. The molecule has 0 radical (unpaired) electrons. The molecule has 1 aliphatic heterocycles. The van der Waals surface area contributed by atoms with Gasteiger partial charge in [0.2, 0.25) is 11.8 Å². The van der Waals surface area contributed by atoms with Crippen molar-refractivity contribution < 1.29 is 14.3 Å². The van der Waals surface area contributed by atoms with Crippen molar-refractivity contribution in [2.24, 2.45) is 0 Å². The van der Waals surface area contributed by atoms with Gasteiger partial charge in [-0.05, 0) is 43.0 Å². The summed E-state index contributed by atoms with van der Waals surface area (Å²) in [4.78, 5) is 14.4. The molecule has 1 atom stereocenters. The van der Waals surface area contributed by atoms with E-state index in [0.717, 1.165) is 37.1 Å². The van der Waals surface area contributed by atoms with Gasteiger partial charge in [0.25, 0.3) is 0 Å². The second-order valence-electron chi connectivity index (χ2n) is 6.13. The summed E-state index contributed by atoms with van der Waals surface area (Å²) in [6.45, 7) is 1.40. The summed E-state index contributed by atoms with van der Waals surface area (Å²) in [5, 5.41) is 7.76. The van der Waals surface area contributed by atoms with Gasteiger partial charge in [0.15, 0.2) is 0 Å². The summed E-state index contributed by atoms with van der Waals surface area (Å²) in [6.07, 6.45) is 4.70. The van der Waals surface area contributed by atoms with Crippen LogP contribution >= 0.6 is 0 Å². The molecule has 1 aromatic carbocycles. The number of aryl methyl sites for hydroxylation is 1. The minimum Gasteiger partial charge on any atom is -0.497 e. The minimum absolute atomic E-state index is 0.0182. The fraction of sp³-hybridized carbons (Fsp3) is 0.421. The highest BCUT2D eigenvalue weighted by molar-refractivity contribution is 5.76. The van der Waals surface area contributed by atoms with Gasteiger partial charge in [-0.15, -0.1) is 5.10 Å². The van der Waals surface area contributed by atoms with Crippen LogP contribution in [0.15, 0.2) is 42.6 Å². The van der Waals surface area contributed by atoms with E-state index in [1.54, 1.807) is 25.4 Å². The Morgan fingerprint density at radius 1 is 1.28 bits per heavy atom.